The summed E-state index contributed by atoms with van der Waals surface area (Å²) in [5.41, 5.74) is -0.143. The molecule has 0 aromatic carbocycles. The van der Waals surface area contributed by atoms with Crippen LogP contribution in [0.4, 0.5) is 0 Å². The van der Waals surface area contributed by atoms with Crippen LogP contribution >= 0.6 is 11.8 Å². The van der Waals surface area contributed by atoms with Gasteiger partial charge in [-0.25, -0.2) is 0 Å². The number of thioether (sulfide) groups is 1. The Morgan fingerprint density at radius 1 is 1.32 bits per heavy atom. The minimum Gasteiger partial charge on any atom is -0.394 e. The molecule has 0 aliphatic rings. The van der Waals surface area contributed by atoms with E-state index in [4.69, 9.17) is 0 Å². The van der Waals surface area contributed by atoms with Gasteiger partial charge < -0.3 is 10.4 Å². The molecule has 19 heavy (non-hydrogen) atoms. The van der Waals surface area contributed by atoms with Gasteiger partial charge in [-0.3, -0.25) is 4.98 Å². The largest absolute Gasteiger partial charge is 0.394 e. The topological polar surface area (TPSA) is 45.1 Å². The van der Waals surface area contributed by atoms with Crippen molar-refractivity contribution in [2.24, 2.45) is 0 Å². The first-order chi connectivity index (χ1) is 9.06. The highest BCUT2D eigenvalue weighted by Crippen LogP contribution is 2.20. The Kier molecular flexibility index (Phi) is 7.42. The summed E-state index contributed by atoms with van der Waals surface area (Å²) < 4.78 is 0. The van der Waals surface area contributed by atoms with E-state index in [-0.39, 0.29) is 12.1 Å². The van der Waals surface area contributed by atoms with Crippen LogP contribution in [0.25, 0.3) is 0 Å². The van der Waals surface area contributed by atoms with Crippen LogP contribution in [0.1, 0.15) is 40.0 Å². The van der Waals surface area contributed by atoms with Gasteiger partial charge in [0.1, 0.15) is 0 Å². The van der Waals surface area contributed by atoms with E-state index in [9.17, 15) is 5.11 Å². The SMILES string of the molecule is CC(C)NC(C)(CO)CCCCSc1ccncc1. The lowest BCUT2D eigenvalue weighted by Gasteiger charge is -2.31. The summed E-state index contributed by atoms with van der Waals surface area (Å²) in [6, 6.07) is 4.49. The van der Waals surface area contributed by atoms with E-state index in [1.807, 2.05) is 36.3 Å². The molecule has 0 amide bonds. The fourth-order valence-electron chi connectivity index (χ4n) is 2.14. The number of hydrogen-bond acceptors (Lipinski definition) is 4. The third-order valence-corrected chi connectivity index (χ3v) is 4.13. The molecule has 0 radical (unpaired) electrons. The summed E-state index contributed by atoms with van der Waals surface area (Å²) in [5.74, 6) is 1.12. The Balaban J connectivity index is 2.19. The molecule has 1 heterocycles. The molecule has 3 nitrogen and oxygen atoms in total. The van der Waals surface area contributed by atoms with Crippen LogP contribution in [0, 0.1) is 0 Å². The zero-order chi connectivity index (χ0) is 14.1. The van der Waals surface area contributed by atoms with E-state index in [1.54, 1.807) is 0 Å². The number of aliphatic hydroxyl groups excluding tert-OH is 1. The van der Waals surface area contributed by atoms with Crippen LogP contribution in [0.3, 0.4) is 0 Å². The van der Waals surface area contributed by atoms with Crippen molar-refractivity contribution in [1.29, 1.82) is 0 Å². The molecule has 0 aliphatic heterocycles. The molecule has 0 saturated heterocycles. The molecule has 0 saturated carbocycles. The molecule has 2 N–H and O–H groups in total. The van der Waals surface area contributed by atoms with Crippen LogP contribution < -0.4 is 5.32 Å². The molecule has 108 valence electrons. The van der Waals surface area contributed by atoms with Crippen LogP contribution in [0.2, 0.25) is 0 Å². The molecule has 0 aliphatic carbocycles. The van der Waals surface area contributed by atoms with Crippen molar-refractivity contribution in [3.63, 3.8) is 0 Å². The van der Waals surface area contributed by atoms with Crippen LogP contribution in [0.5, 0.6) is 0 Å². The second-order valence-corrected chi connectivity index (χ2v) is 6.67. The fourth-order valence-corrected chi connectivity index (χ4v) is 3.03. The monoisotopic (exact) mass is 282 g/mol. The number of rotatable bonds is 9. The first-order valence-electron chi connectivity index (χ1n) is 6.97. The first kappa shape index (κ1) is 16.5. The molecule has 4 heteroatoms. The summed E-state index contributed by atoms with van der Waals surface area (Å²) in [6.07, 6.45) is 6.98. The van der Waals surface area contributed by atoms with E-state index < -0.39 is 0 Å². The smallest absolute Gasteiger partial charge is 0.0610 e. The van der Waals surface area contributed by atoms with E-state index in [0.29, 0.717) is 6.04 Å². The number of aliphatic hydroxyl groups is 1. The zero-order valence-corrected chi connectivity index (χ0v) is 13.0. The standard InChI is InChI=1S/C15H26N2OS/c1-13(2)17-15(3,12-18)8-4-5-11-19-14-6-9-16-10-7-14/h6-7,9-10,13,17-18H,4-5,8,11-12H2,1-3H3. The van der Waals surface area contributed by atoms with Crippen molar-refractivity contribution in [3.05, 3.63) is 24.5 Å². The predicted molar refractivity (Wildman–Crippen MR) is 82.6 cm³/mol. The lowest BCUT2D eigenvalue weighted by atomic mass is 9.95. The maximum Gasteiger partial charge on any atom is 0.0610 e. The number of hydrogen-bond donors (Lipinski definition) is 2. The quantitative estimate of drug-likeness (QED) is 0.540. The number of nitrogens with zero attached hydrogens (tertiary/aromatic N) is 1. The summed E-state index contributed by atoms with van der Waals surface area (Å²) in [6.45, 7) is 6.53. The Hall–Kier alpha value is -0.580. The fraction of sp³-hybridized carbons (Fsp3) is 0.667. The van der Waals surface area contributed by atoms with Gasteiger partial charge in [0.05, 0.1) is 6.61 Å². The van der Waals surface area contributed by atoms with Gasteiger partial charge in [-0.2, -0.15) is 0 Å². The lowest BCUT2D eigenvalue weighted by molar-refractivity contribution is 0.154. The molecule has 0 spiro atoms. The number of unbranched alkanes of at least 4 members (excludes halogenated alkanes) is 1. The highest BCUT2D eigenvalue weighted by molar-refractivity contribution is 7.99. The molecule has 1 atom stereocenters. The van der Waals surface area contributed by atoms with Crippen molar-refractivity contribution in [2.75, 3.05) is 12.4 Å². The maximum atomic E-state index is 9.49. The van der Waals surface area contributed by atoms with Crippen molar-refractivity contribution in [1.82, 2.24) is 10.3 Å². The first-order valence-corrected chi connectivity index (χ1v) is 7.96. The summed E-state index contributed by atoms with van der Waals surface area (Å²) in [5, 5.41) is 12.9. The summed E-state index contributed by atoms with van der Waals surface area (Å²) in [7, 11) is 0. The van der Waals surface area contributed by atoms with Gasteiger partial charge in [0.2, 0.25) is 0 Å². The highest BCUT2D eigenvalue weighted by Gasteiger charge is 2.22. The average Bonchev–Trinajstić information content (AvgIpc) is 2.39. The second-order valence-electron chi connectivity index (χ2n) is 5.51. The van der Waals surface area contributed by atoms with Gasteiger partial charge in [0.25, 0.3) is 0 Å². The molecule has 1 aromatic heterocycles. The van der Waals surface area contributed by atoms with Gasteiger partial charge in [-0.05, 0) is 37.7 Å². The van der Waals surface area contributed by atoms with E-state index in [1.165, 1.54) is 11.3 Å². The Bertz CT molecular complexity index is 345. The molecular weight excluding hydrogens is 256 g/mol. The third kappa shape index (κ3) is 6.95. The summed E-state index contributed by atoms with van der Waals surface area (Å²) >= 11 is 1.87. The maximum absolute atomic E-state index is 9.49. The van der Waals surface area contributed by atoms with Gasteiger partial charge in [0, 0.05) is 28.9 Å². The number of nitrogens with one attached hydrogen (secondary N) is 1. The van der Waals surface area contributed by atoms with Gasteiger partial charge >= 0.3 is 0 Å². The molecule has 1 aromatic rings. The minimum absolute atomic E-state index is 0.143. The average molecular weight is 282 g/mol. The second kappa shape index (κ2) is 8.56. The van der Waals surface area contributed by atoms with Crippen LogP contribution in [-0.4, -0.2) is 34.0 Å². The molecule has 1 rings (SSSR count). The van der Waals surface area contributed by atoms with Crippen molar-refractivity contribution in [3.8, 4) is 0 Å². The molecule has 0 bridgehead atoms. The molecule has 0 fully saturated rings. The van der Waals surface area contributed by atoms with Crippen molar-refractivity contribution in [2.45, 2.75) is 56.5 Å². The van der Waals surface area contributed by atoms with Crippen molar-refractivity contribution >= 4 is 11.8 Å². The third-order valence-electron chi connectivity index (χ3n) is 3.03. The lowest BCUT2D eigenvalue weighted by Crippen LogP contribution is -2.49. The van der Waals surface area contributed by atoms with Gasteiger partial charge in [-0.15, -0.1) is 11.8 Å². The predicted octanol–water partition coefficient (Wildman–Crippen LogP) is 3.09. The normalized spacial score (nSPS) is 14.6. The number of aromatic nitrogens is 1. The Morgan fingerprint density at radius 2 is 2.00 bits per heavy atom. The molecular formula is C15H26N2OS. The zero-order valence-electron chi connectivity index (χ0n) is 12.2. The summed E-state index contributed by atoms with van der Waals surface area (Å²) in [4.78, 5) is 5.29. The van der Waals surface area contributed by atoms with E-state index in [2.05, 4.69) is 31.1 Å². The van der Waals surface area contributed by atoms with Gasteiger partial charge in [0.15, 0.2) is 0 Å². The van der Waals surface area contributed by atoms with Crippen molar-refractivity contribution < 1.29 is 5.11 Å². The van der Waals surface area contributed by atoms with E-state index in [0.717, 1.165) is 18.6 Å². The molecule has 1 unspecified atom stereocenters. The highest BCUT2D eigenvalue weighted by atomic mass is 32.2. The Morgan fingerprint density at radius 3 is 2.58 bits per heavy atom. The van der Waals surface area contributed by atoms with Gasteiger partial charge in [-0.1, -0.05) is 20.3 Å². The number of pyridine rings is 1. The van der Waals surface area contributed by atoms with E-state index >= 15 is 0 Å². The van der Waals surface area contributed by atoms with Crippen LogP contribution in [0.15, 0.2) is 29.4 Å². The minimum atomic E-state index is -0.143. The van der Waals surface area contributed by atoms with Crippen LogP contribution in [-0.2, 0) is 0 Å². The Labute approximate surface area is 121 Å².